The number of aryl methyl sites for hydroxylation is 1. The van der Waals surface area contributed by atoms with Gasteiger partial charge in [0.05, 0.1) is 0 Å². The van der Waals surface area contributed by atoms with E-state index in [0.29, 0.717) is 23.1 Å². The topological polar surface area (TPSA) is 46.2 Å². The average Bonchev–Trinajstić information content (AvgIpc) is 3.30. The van der Waals surface area contributed by atoms with Crippen LogP contribution < -0.4 is 5.32 Å². The zero-order chi connectivity index (χ0) is 15.9. The number of unbranched alkanes of at least 4 members (excludes halogenated alkanes) is 2. The van der Waals surface area contributed by atoms with Crippen LogP contribution in [0.25, 0.3) is 0 Å². The van der Waals surface area contributed by atoms with E-state index in [4.69, 9.17) is 11.6 Å². The van der Waals surface area contributed by atoms with Crippen LogP contribution in [0, 0.1) is 5.92 Å². The zero-order valence-corrected chi connectivity index (χ0v) is 13.9. The molecule has 0 spiro atoms. The highest BCUT2D eigenvalue weighted by Crippen LogP contribution is 2.31. The van der Waals surface area contributed by atoms with Crippen molar-refractivity contribution in [2.24, 2.45) is 5.92 Å². The Morgan fingerprint density at radius 1 is 1.18 bits per heavy atom. The molecule has 22 heavy (non-hydrogen) atoms. The second-order valence-corrected chi connectivity index (χ2v) is 6.49. The van der Waals surface area contributed by atoms with Crippen molar-refractivity contribution >= 4 is 29.0 Å². The van der Waals surface area contributed by atoms with Gasteiger partial charge in [0, 0.05) is 29.5 Å². The van der Waals surface area contributed by atoms with Gasteiger partial charge in [-0.3, -0.25) is 9.59 Å². The Morgan fingerprint density at radius 3 is 2.64 bits per heavy atom. The number of hydrogen-bond donors (Lipinski definition) is 1. The maximum atomic E-state index is 11.6. The molecule has 2 rings (SSSR count). The van der Waals surface area contributed by atoms with E-state index in [9.17, 15) is 9.59 Å². The largest absolute Gasteiger partial charge is 0.326 e. The Kier molecular flexibility index (Phi) is 6.44. The van der Waals surface area contributed by atoms with Crippen LogP contribution in [-0.2, 0) is 16.0 Å². The molecule has 0 unspecified atom stereocenters. The lowest BCUT2D eigenvalue weighted by Crippen LogP contribution is -2.09. The third kappa shape index (κ3) is 5.80. The highest BCUT2D eigenvalue weighted by Gasteiger charge is 2.28. The third-order valence-corrected chi connectivity index (χ3v) is 4.20. The Hall–Kier alpha value is -1.35. The Bertz CT molecular complexity index is 538. The van der Waals surface area contributed by atoms with Crippen LogP contribution in [0.15, 0.2) is 18.2 Å². The minimum atomic E-state index is -0.00759. The maximum absolute atomic E-state index is 11.6. The van der Waals surface area contributed by atoms with Crippen LogP contribution in [0.4, 0.5) is 5.69 Å². The van der Waals surface area contributed by atoms with Crippen molar-refractivity contribution in [3.8, 4) is 0 Å². The molecule has 1 aromatic rings. The smallest absolute Gasteiger partial charge is 0.224 e. The summed E-state index contributed by atoms with van der Waals surface area (Å²) in [6.07, 6.45) is 7.40. The molecule has 0 aromatic heterocycles. The van der Waals surface area contributed by atoms with E-state index < -0.39 is 0 Å². The van der Waals surface area contributed by atoms with Gasteiger partial charge in [-0.25, -0.2) is 0 Å². The summed E-state index contributed by atoms with van der Waals surface area (Å²) in [7, 11) is 0. The van der Waals surface area contributed by atoms with E-state index in [1.165, 1.54) is 0 Å². The summed E-state index contributed by atoms with van der Waals surface area (Å²) in [4.78, 5) is 23.0. The van der Waals surface area contributed by atoms with Gasteiger partial charge in [0.2, 0.25) is 5.91 Å². The predicted molar refractivity (Wildman–Crippen MR) is 90.3 cm³/mol. The molecule has 1 aromatic carbocycles. The molecule has 3 nitrogen and oxygen atoms in total. The lowest BCUT2D eigenvalue weighted by atomic mass is 10.0. The molecular formula is C18H24ClNO2. The van der Waals surface area contributed by atoms with Gasteiger partial charge in [-0.1, -0.05) is 24.9 Å². The number of rotatable bonds is 9. The minimum Gasteiger partial charge on any atom is -0.326 e. The van der Waals surface area contributed by atoms with E-state index in [-0.39, 0.29) is 5.91 Å². The van der Waals surface area contributed by atoms with Crippen molar-refractivity contribution < 1.29 is 9.59 Å². The monoisotopic (exact) mass is 321 g/mol. The van der Waals surface area contributed by atoms with Gasteiger partial charge in [0.1, 0.15) is 5.78 Å². The summed E-state index contributed by atoms with van der Waals surface area (Å²) < 4.78 is 0. The van der Waals surface area contributed by atoms with Gasteiger partial charge >= 0.3 is 0 Å². The first-order chi connectivity index (χ1) is 10.6. The van der Waals surface area contributed by atoms with Crippen LogP contribution in [0.2, 0.25) is 5.02 Å². The molecular weight excluding hydrogens is 298 g/mol. The summed E-state index contributed by atoms with van der Waals surface area (Å²) in [6.45, 7) is 1.82. The van der Waals surface area contributed by atoms with Gasteiger partial charge < -0.3 is 5.32 Å². The molecule has 1 saturated carbocycles. The summed E-state index contributed by atoms with van der Waals surface area (Å²) >= 11 is 6.10. The zero-order valence-electron chi connectivity index (χ0n) is 13.2. The van der Waals surface area contributed by atoms with Crippen LogP contribution in [0.5, 0.6) is 0 Å². The number of Topliss-reactive ketones (excluding diaryl/α,β-unsaturated/α-hetero) is 1. The summed E-state index contributed by atoms with van der Waals surface area (Å²) in [5, 5.41) is 3.49. The highest BCUT2D eigenvalue weighted by molar-refractivity contribution is 6.31. The first kappa shape index (κ1) is 17.0. The number of amides is 1. The van der Waals surface area contributed by atoms with Crippen molar-refractivity contribution in [1.29, 1.82) is 0 Å². The summed E-state index contributed by atoms with van der Waals surface area (Å²) in [5.41, 5.74) is 1.89. The second kappa shape index (κ2) is 8.33. The molecule has 0 bridgehead atoms. The number of carbonyl (C=O) groups excluding carboxylic acids is 2. The number of carbonyl (C=O) groups is 2. The fourth-order valence-electron chi connectivity index (χ4n) is 2.53. The van der Waals surface area contributed by atoms with Gasteiger partial charge in [0.25, 0.3) is 0 Å². The molecule has 1 N–H and O–H groups in total. The van der Waals surface area contributed by atoms with E-state index in [1.807, 2.05) is 19.1 Å². The van der Waals surface area contributed by atoms with E-state index >= 15 is 0 Å². The average molecular weight is 322 g/mol. The molecule has 1 amide bonds. The lowest BCUT2D eigenvalue weighted by Gasteiger charge is -2.08. The molecule has 0 atom stereocenters. The van der Waals surface area contributed by atoms with Gasteiger partial charge in [0.15, 0.2) is 0 Å². The van der Waals surface area contributed by atoms with Gasteiger partial charge in [-0.15, -0.1) is 0 Å². The Labute approximate surface area is 137 Å². The fraction of sp³-hybridized carbons (Fsp3) is 0.556. The van der Waals surface area contributed by atoms with E-state index in [0.717, 1.165) is 56.2 Å². The van der Waals surface area contributed by atoms with Crippen LogP contribution in [0.1, 0.15) is 57.4 Å². The third-order valence-electron chi connectivity index (χ3n) is 3.98. The summed E-state index contributed by atoms with van der Waals surface area (Å²) in [5.74, 6) is 0.830. The Morgan fingerprint density at radius 2 is 1.95 bits per heavy atom. The first-order valence-corrected chi connectivity index (χ1v) is 8.58. The number of anilines is 1. The number of halogens is 1. The molecule has 120 valence electrons. The van der Waals surface area contributed by atoms with Crippen molar-refractivity contribution in [3.63, 3.8) is 0 Å². The van der Waals surface area contributed by atoms with Crippen LogP contribution in [-0.4, -0.2) is 11.7 Å². The van der Waals surface area contributed by atoms with Crippen molar-refractivity contribution in [2.75, 3.05) is 5.32 Å². The number of hydrogen-bond acceptors (Lipinski definition) is 2. The van der Waals surface area contributed by atoms with E-state index in [1.54, 1.807) is 6.07 Å². The Balaban J connectivity index is 1.74. The fourth-order valence-corrected chi connectivity index (χ4v) is 2.79. The number of benzene rings is 1. The molecule has 1 aliphatic carbocycles. The molecule has 0 radical (unpaired) electrons. The van der Waals surface area contributed by atoms with Crippen molar-refractivity contribution in [3.05, 3.63) is 28.8 Å². The standard InChI is InChI=1S/C18H24ClNO2/c1-2-18(22)20-16-11-13(10-15(19)12-16)6-4-3-5-7-17(21)14-8-9-14/h10-12,14H,2-9H2,1H3,(H,20,22). The van der Waals surface area contributed by atoms with Crippen LogP contribution in [0.3, 0.4) is 0 Å². The molecule has 1 fully saturated rings. The van der Waals surface area contributed by atoms with Gasteiger partial charge in [-0.05, 0) is 55.9 Å². The molecule has 0 saturated heterocycles. The highest BCUT2D eigenvalue weighted by atomic mass is 35.5. The first-order valence-electron chi connectivity index (χ1n) is 8.20. The normalized spacial score (nSPS) is 13.9. The van der Waals surface area contributed by atoms with Gasteiger partial charge in [-0.2, -0.15) is 0 Å². The molecule has 4 heteroatoms. The molecule has 0 aliphatic heterocycles. The minimum absolute atomic E-state index is 0.00759. The summed E-state index contributed by atoms with van der Waals surface area (Å²) in [6, 6.07) is 5.69. The SMILES string of the molecule is CCC(=O)Nc1cc(Cl)cc(CCCCCC(=O)C2CC2)c1. The number of ketones is 1. The van der Waals surface area contributed by atoms with E-state index in [2.05, 4.69) is 5.32 Å². The maximum Gasteiger partial charge on any atom is 0.224 e. The van der Waals surface area contributed by atoms with Crippen LogP contribution >= 0.6 is 11.6 Å². The number of nitrogens with one attached hydrogen (secondary N) is 1. The van der Waals surface area contributed by atoms with Crippen molar-refractivity contribution in [2.45, 2.75) is 58.3 Å². The second-order valence-electron chi connectivity index (χ2n) is 6.05. The quantitative estimate of drug-likeness (QED) is 0.666. The molecule has 0 heterocycles. The van der Waals surface area contributed by atoms with Crippen molar-refractivity contribution in [1.82, 2.24) is 0 Å². The molecule has 1 aliphatic rings. The lowest BCUT2D eigenvalue weighted by molar-refractivity contribution is -0.120. The predicted octanol–water partition coefficient (Wildman–Crippen LogP) is 4.77.